The van der Waals surface area contributed by atoms with E-state index in [1.54, 1.807) is 0 Å². The van der Waals surface area contributed by atoms with Gasteiger partial charge in [0.2, 0.25) is 29.5 Å². The highest BCUT2D eigenvalue weighted by Crippen LogP contribution is 2.21. The Hall–Kier alpha value is -4.86. The number of aliphatic carboxylic acids is 1. The van der Waals surface area contributed by atoms with Gasteiger partial charge < -0.3 is 48.5 Å². The molecule has 15 heteroatoms. The Labute approximate surface area is 311 Å². The van der Waals surface area contributed by atoms with E-state index in [1.807, 2.05) is 74.5 Å². The molecule has 4 atom stereocenters. The first-order valence-corrected chi connectivity index (χ1v) is 18.2. The van der Waals surface area contributed by atoms with Crippen LogP contribution in [-0.4, -0.2) is 101 Å². The zero-order chi connectivity index (χ0) is 39.0. The van der Waals surface area contributed by atoms with Crippen LogP contribution < -0.4 is 38.5 Å². The van der Waals surface area contributed by atoms with Gasteiger partial charge in [0.05, 0.1) is 12.6 Å². The van der Waals surface area contributed by atoms with Crippen molar-refractivity contribution >= 4 is 35.5 Å². The van der Waals surface area contributed by atoms with Crippen LogP contribution in [0.25, 0.3) is 0 Å². The molecule has 0 aromatic heterocycles. The summed E-state index contributed by atoms with van der Waals surface area (Å²) in [5.41, 5.74) is 17.7. The number of hydrogen-bond acceptors (Lipinski definition) is 9. The SMILES string of the molecule is CC(C)C[C@@H](NC(=O)[C@@H](Cc1ccccc1)NC(=O)[C@H](N)Cc1ccccc1)C(=O)N[C@H](CCCCNCC(N)=O)C(=O)N1CCC(N)(C(=O)O)CC1. The van der Waals surface area contributed by atoms with Crippen LogP contribution in [0.1, 0.15) is 63.5 Å². The Morgan fingerprint density at radius 2 is 1.30 bits per heavy atom. The number of carbonyl (C=O) groups is 6. The summed E-state index contributed by atoms with van der Waals surface area (Å²) < 4.78 is 0. The molecule has 3 rings (SSSR count). The molecule has 15 nitrogen and oxygen atoms in total. The zero-order valence-corrected chi connectivity index (χ0v) is 30.7. The molecule has 1 saturated heterocycles. The van der Waals surface area contributed by atoms with Crippen LogP contribution >= 0.6 is 0 Å². The number of likely N-dealkylation sites (tertiary alicyclic amines) is 1. The van der Waals surface area contributed by atoms with Gasteiger partial charge in [-0.2, -0.15) is 0 Å². The molecule has 0 unspecified atom stereocenters. The number of unbranched alkanes of at least 4 members (excludes halogenated alkanes) is 1. The predicted octanol–water partition coefficient (Wildman–Crippen LogP) is -0.0507. The number of nitrogens with two attached hydrogens (primary N) is 3. The van der Waals surface area contributed by atoms with Gasteiger partial charge in [-0.1, -0.05) is 74.5 Å². The maximum Gasteiger partial charge on any atom is 0.323 e. The third kappa shape index (κ3) is 14.2. The molecule has 2 aromatic rings. The van der Waals surface area contributed by atoms with Crippen LogP contribution in [0.15, 0.2) is 60.7 Å². The normalized spacial score (nSPS) is 16.1. The molecule has 1 fully saturated rings. The summed E-state index contributed by atoms with van der Waals surface area (Å²) in [7, 11) is 0. The lowest BCUT2D eigenvalue weighted by atomic mass is 9.88. The molecule has 0 aliphatic carbocycles. The predicted molar refractivity (Wildman–Crippen MR) is 200 cm³/mol. The Balaban J connectivity index is 1.77. The number of carbonyl (C=O) groups excluding carboxylic acids is 5. The van der Waals surface area contributed by atoms with E-state index in [2.05, 4.69) is 21.3 Å². The summed E-state index contributed by atoms with van der Waals surface area (Å²) in [6.45, 7) is 4.48. The molecule has 1 heterocycles. The van der Waals surface area contributed by atoms with Crippen molar-refractivity contribution in [2.24, 2.45) is 23.1 Å². The summed E-state index contributed by atoms with van der Waals surface area (Å²) in [5.74, 6) is -3.71. The summed E-state index contributed by atoms with van der Waals surface area (Å²) in [6, 6.07) is 14.4. The summed E-state index contributed by atoms with van der Waals surface area (Å²) in [4.78, 5) is 79.3. The number of piperidine rings is 1. The fourth-order valence-electron chi connectivity index (χ4n) is 6.17. The number of carboxylic acid groups (broad SMARTS) is 1. The van der Waals surface area contributed by atoms with Gasteiger partial charge in [0.1, 0.15) is 23.7 Å². The minimum Gasteiger partial charge on any atom is -0.480 e. The van der Waals surface area contributed by atoms with E-state index < -0.39 is 59.3 Å². The van der Waals surface area contributed by atoms with Crippen LogP contribution in [0.4, 0.5) is 0 Å². The second kappa shape index (κ2) is 21.0. The average molecular weight is 737 g/mol. The van der Waals surface area contributed by atoms with Gasteiger partial charge in [0.25, 0.3) is 0 Å². The maximum atomic E-state index is 14.0. The number of primary amides is 1. The van der Waals surface area contributed by atoms with Gasteiger partial charge in [0, 0.05) is 19.5 Å². The van der Waals surface area contributed by atoms with E-state index in [-0.39, 0.29) is 70.0 Å². The highest BCUT2D eigenvalue weighted by atomic mass is 16.4. The first-order valence-electron chi connectivity index (χ1n) is 18.2. The molecule has 0 spiro atoms. The van der Waals surface area contributed by atoms with Crippen molar-refractivity contribution in [2.45, 2.75) is 94.9 Å². The first kappa shape index (κ1) is 42.6. The smallest absolute Gasteiger partial charge is 0.323 e. The van der Waals surface area contributed by atoms with Crippen molar-refractivity contribution in [1.29, 1.82) is 0 Å². The van der Waals surface area contributed by atoms with Gasteiger partial charge in [-0.05, 0) is 68.5 Å². The van der Waals surface area contributed by atoms with Gasteiger partial charge in [-0.25, -0.2) is 0 Å². The van der Waals surface area contributed by atoms with Gasteiger partial charge >= 0.3 is 5.97 Å². The lowest BCUT2D eigenvalue weighted by molar-refractivity contribution is -0.148. The number of nitrogens with zero attached hydrogens (tertiary/aromatic N) is 1. The fourth-order valence-corrected chi connectivity index (χ4v) is 6.17. The van der Waals surface area contributed by atoms with E-state index in [9.17, 15) is 33.9 Å². The van der Waals surface area contributed by atoms with E-state index in [1.165, 1.54) is 4.90 Å². The van der Waals surface area contributed by atoms with Crippen LogP contribution in [-0.2, 0) is 41.6 Å². The largest absolute Gasteiger partial charge is 0.480 e. The van der Waals surface area contributed by atoms with E-state index in [0.717, 1.165) is 11.1 Å². The van der Waals surface area contributed by atoms with Gasteiger partial charge in [-0.3, -0.25) is 28.8 Å². The van der Waals surface area contributed by atoms with E-state index in [4.69, 9.17) is 17.2 Å². The highest BCUT2D eigenvalue weighted by Gasteiger charge is 2.40. The lowest BCUT2D eigenvalue weighted by Gasteiger charge is -2.38. The summed E-state index contributed by atoms with van der Waals surface area (Å²) in [6.07, 6.45) is 2.10. The van der Waals surface area contributed by atoms with E-state index >= 15 is 0 Å². The van der Waals surface area contributed by atoms with Crippen LogP contribution in [0.2, 0.25) is 0 Å². The highest BCUT2D eigenvalue weighted by molar-refractivity contribution is 5.95. The van der Waals surface area contributed by atoms with Crippen LogP contribution in [0.3, 0.4) is 0 Å². The molecule has 53 heavy (non-hydrogen) atoms. The standard InChI is InChI=1S/C38H56N8O7/c1-25(2)21-30(45-35(50)31(23-27-13-7-4-8-14-27)44-33(48)28(39)22-26-11-5-3-6-12-26)34(49)43-29(15-9-10-18-42-24-32(40)47)36(51)46-19-16-38(41,17-20-46)37(52)53/h3-8,11-14,25,28-31,42H,9-10,15-24,39,41H2,1-2H3,(H2,40,47)(H,43,49)(H,44,48)(H,45,50)(H,52,53)/t28-,29-,30-,31-/m1/s1. The van der Waals surface area contributed by atoms with Gasteiger partial charge in [0.15, 0.2) is 0 Å². The maximum absolute atomic E-state index is 14.0. The molecule has 1 aliphatic rings. The molecule has 1 aliphatic heterocycles. The quantitative estimate of drug-likeness (QED) is 0.0794. The van der Waals surface area contributed by atoms with Crippen molar-refractivity contribution in [3.63, 3.8) is 0 Å². The number of hydrogen-bond donors (Lipinski definition) is 8. The van der Waals surface area contributed by atoms with Gasteiger partial charge in [-0.15, -0.1) is 0 Å². The van der Waals surface area contributed by atoms with Crippen LogP contribution in [0, 0.1) is 5.92 Å². The molecule has 11 N–H and O–H groups in total. The molecule has 0 bridgehead atoms. The third-order valence-electron chi connectivity index (χ3n) is 9.29. The summed E-state index contributed by atoms with van der Waals surface area (Å²) in [5, 5.41) is 21.0. The second-order valence-corrected chi connectivity index (χ2v) is 14.2. The molecule has 290 valence electrons. The molecule has 0 radical (unpaired) electrons. The minimum absolute atomic E-state index is 0.0125. The van der Waals surface area contributed by atoms with Crippen molar-refractivity contribution < 1.29 is 33.9 Å². The lowest BCUT2D eigenvalue weighted by Crippen LogP contribution is -2.60. The topological polar surface area (TPSA) is 252 Å². The number of rotatable bonds is 21. The molecular formula is C38H56N8O7. The van der Waals surface area contributed by atoms with Crippen molar-refractivity contribution in [2.75, 3.05) is 26.2 Å². The monoisotopic (exact) mass is 736 g/mol. The summed E-state index contributed by atoms with van der Waals surface area (Å²) >= 11 is 0. The number of amides is 5. The van der Waals surface area contributed by atoms with E-state index in [0.29, 0.717) is 19.4 Å². The molecule has 2 aromatic carbocycles. The average Bonchev–Trinajstić information content (AvgIpc) is 3.12. The number of benzene rings is 2. The van der Waals surface area contributed by atoms with Crippen molar-refractivity contribution in [3.8, 4) is 0 Å². The third-order valence-corrected chi connectivity index (χ3v) is 9.29. The number of nitrogens with one attached hydrogen (secondary N) is 4. The number of carboxylic acids is 1. The molecule has 0 saturated carbocycles. The Kier molecular flexibility index (Phi) is 16.9. The zero-order valence-electron chi connectivity index (χ0n) is 30.7. The Bertz CT molecular complexity index is 1520. The second-order valence-electron chi connectivity index (χ2n) is 14.2. The van der Waals surface area contributed by atoms with Crippen molar-refractivity contribution in [1.82, 2.24) is 26.2 Å². The Morgan fingerprint density at radius 1 is 0.774 bits per heavy atom. The Morgan fingerprint density at radius 3 is 1.85 bits per heavy atom. The molecule has 5 amide bonds. The first-order chi connectivity index (χ1) is 25.2. The van der Waals surface area contributed by atoms with Crippen molar-refractivity contribution in [3.05, 3.63) is 71.8 Å². The minimum atomic E-state index is -1.44. The fraction of sp³-hybridized carbons (Fsp3) is 0.526. The van der Waals surface area contributed by atoms with Crippen LogP contribution in [0.5, 0.6) is 0 Å². The molecular weight excluding hydrogens is 680 g/mol.